The van der Waals surface area contributed by atoms with Gasteiger partial charge in [-0.15, -0.1) is 0 Å². The summed E-state index contributed by atoms with van der Waals surface area (Å²) >= 11 is 0. The van der Waals surface area contributed by atoms with Gasteiger partial charge in [0.2, 0.25) is 0 Å². The van der Waals surface area contributed by atoms with Gasteiger partial charge in [0.25, 0.3) is 0 Å². The van der Waals surface area contributed by atoms with Gasteiger partial charge in [0.05, 0.1) is 5.56 Å². The zero-order chi connectivity index (χ0) is 20.0. The molecule has 0 saturated heterocycles. The lowest BCUT2D eigenvalue weighted by Crippen LogP contribution is -2.35. The lowest BCUT2D eigenvalue weighted by Gasteiger charge is -2.20. The van der Waals surface area contributed by atoms with Gasteiger partial charge in [0.1, 0.15) is 18.8 Å². The Labute approximate surface area is 154 Å². The van der Waals surface area contributed by atoms with Gasteiger partial charge in [-0.3, -0.25) is 0 Å². The molecule has 0 saturated carbocycles. The van der Waals surface area contributed by atoms with E-state index in [0.717, 1.165) is 11.6 Å². The van der Waals surface area contributed by atoms with E-state index >= 15 is 0 Å². The van der Waals surface area contributed by atoms with Crippen LogP contribution in [0.5, 0.6) is 0 Å². The van der Waals surface area contributed by atoms with E-state index in [1.54, 1.807) is 24.3 Å². The molecule has 8 heteroatoms. The Morgan fingerprint density at radius 2 is 1.81 bits per heavy atom. The van der Waals surface area contributed by atoms with Crippen LogP contribution in [0.2, 0.25) is 0 Å². The van der Waals surface area contributed by atoms with Crippen LogP contribution in [0.25, 0.3) is 0 Å². The Morgan fingerprint density at radius 1 is 1.15 bits per heavy atom. The molecular weight excluding hydrogens is 363 g/mol. The molecule has 0 bridgehead atoms. The van der Waals surface area contributed by atoms with Crippen LogP contribution in [0.15, 0.2) is 48.5 Å². The van der Waals surface area contributed by atoms with Gasteiger partial charge in [0.15, 0.2) is 0 Å². The lowest BCUT2D eigenvalue weighted by atomic mass is 9.98. The topological polar surface area (TPSA) is 78.8 Å². The second-order valence-corrected chi connectivity index (χ2v) is 6.03. The van der Waals surface area contributed by atoms with Crippen LogP contribution in [0, 0.1) is 6.92 Å². The first-order valence-electron chi connectivity index (χ1n) is 8.17. The molecule has 0 heterocycles. The summed E-state index contributed by atoms with van der Waals surface area (Å²) in [7, 11) is 0. The third-order valence-electron chi connectivity index (χ3n) is 3.94. The fraction of sp³-hybridized carbons (Fsp3) is 0.316. The number of alkyl halides is 3. The van der Waals surface area contributed by atoms with E-state index in [1.165, 1.54) is 19.1 Å². The first-order chi connectivity index (χ1) is 12.7. The molecule has 27 heavy (non-hydrogen) atoms. The normalized spacial score (nSPS) is 13.7. The fourth-order valence-corrected chi connectivity index (χ4v) is 2.42. The van der Waals surface area contributed by atoms with Crippen molar-refractivity contribution in [2.45, 2.75) is 31.9 Å². The fourth-order valence-electron chi connectivity index (χ4n) is 2.42. The molecule has 2 rings (SSSR count). The summed E-state index contributed by atoms with van der Waals surface area (Å²) in [5, 5.41) is 22.3. The zero-order valence-electron chi connectivity index (χ0n) is 14.5. The Hall–Kier alpha value is -2.58. The van der Waals surface area contributed by atoms with Crippen LogP contribution < -0.4 is 5.32 Å². The molecule has 2 aromatic rings. The van der Waals surface area contributed by atoms with Crippen molar-refractivity contribution in [1.82, 2.24) is 5.32 Å². The van der Waals surface area contributed by atoms with E-state index < -0.39 is 30.0 Å². The standard InChI is InChI=1S/C19H20F3NO4/c1-12-7-8-14(9-15(12)19(20,21)22)17(25)16(24)10-23-18(26)27-11-13-5-3-2-4-6-13/h2-9,16-17,24-25H,10-11H2,1H3,(H,23,26). The molecule has 0 fully saturated rings. The zero-order valence-corrected chi connectivity index (χ0v) is 14.5. The van der Waals surface area contributed by atoms with E-state index in [9.17, 15) is 28.2 Å². The van der Waals surface area contributed by atoms with Gasteiger partial charge < -0.3 is 20.3 Å². The molecule has 0 aromatic heterocycles. The molecule has 5 nitrogen and oxygen atoms in total. The maximum atomic E-state index is 13.0. The number of aryl methyl sites for hydroxylation is 1. The molecular formula is C19H20F3NO4. The Balaban J connectivity index is 1.90. The Kier molecular flexibility index (Phi) is 6.81. The van der Waals surface area contributed by atoms with Gasteiger partial charge in [-0.05, 0) is 29.7 Å². The third-order valence-corrected chi connectivity index (χ3v) is 3.94. The predicted octanol–water partition coefficient (Wildman–Crippen LogP) is 3.33. The second-order valence-electron chi connectivity index (χ2n) is 6.03. The van der Waals surface area contributed by atoms with E-state index in [2.05, 4.69) is 5.32 Å². The Morgan fingerprint density at radius 3 is 2.44 bits per heavy atom. The molecule has 2 atom stereocenters. The number of carbonyl (C=O) groups excluding carboxylic acids is 1. The minimum atomic E-state index is -4.57. The summed E-state index contributed by atoms with van der Waals surface area (Å²) in [5.41, 5.74) is -0.204. The molecule has 0 aliphatic carbocycles. The smallest absolute Gasteiger partial charge is 0.416 e. The highest BCUT2D eigenvalue weighted by atomic mass is 19.4. The number of alkyl carbamates (subject to hydrolysis) is 1. The van der Waals surface area contributed by atoms with Crippen molar-refractivity contribution < 1.29 is 32.9 Å². The summed E-state index contributed by atoms with van der Waals surface area (Å²) in [6.07, 6.45) is -8.48. The van der Waals surface area contributed by atoms with E-state index in [-0.39, 0.29) is 24.3 Å². The van der Waals surface area contributed by atoms with E-state index in [1.807, 2.05) is 6.07 Å². The maximum Gasteiger partial charge on any atom is 0.416 e. The SMILES string of the molecule is Cc1ccc(C(O)C(O)CNC(=O)OCc2ccccc2)cc1C(F)(F)F. The summed E-state index contributed by atoms with van der Waals surface area (Å²) in [5.74, 6) is 0. The van der Waals surface area contributed by atoms with Crippen molar-refractivity contribution in [3.8, 4) is 0 Å². The molecule has 0 radical (unpaired) electrons. The molecule has 2 aromatic carbocycles. The average Bonchev–Trinajstić information content (AvgIpc) is 2.64. The van der Waals surface area contributed by atoms with Crippen molar-refractivity contribution in [2.75, 3.05) is 6.54 Å². The predicted molar refractivity (Wildman–Crippen MR) is 91.8 cm³/mol. The largest absolute Gasteiger partial charge is 0.445 e. The number of aliphatic hydroxyl groups excluding tert-OH is 2. The van der Waals surface area contributed by atoms with Gasteiger partial charge in [-0.2, -0.15) is 13.2 Å². The number of amides is 1. The van der Waals surface area contributed by atoms with Crippen LogP contribution in [0.1, 0.15) is 28.4 Å². The first kappa shape index (κ1) is 20.7. The maximum absolute atomic E-state index is 13.0. The van der Waals surface area contributed by atoms with Crippen LogP contribution >= 0.6 is 0 Å². The summed E-state index contributed by atoms with van der Waals surface area (Å²) < 4.78 is 43.8. The molecule has 1 amide bonds. The van der Waals surface area contributed by atoms with Crippen molar-refractivity contribution in [2.24, 2.45) is 0 Å². The number of benzene rings is 2. The first-order valence-corrected chi connectivity index (χ1v) is 8.17. The third kappa shape index (κ3) is 5.97. The second kappa shape index (κ2) is 8.88. The molecule has 0 spiro atoms. The van der Waals surface area contributed by atoms with Crippen LogP contribution in [-0.4, -0.2) is 29.0 Å². The number of aliphatic hydroxyl groups is 2. The minimum absolute atomic E-state index is 0.00977. The monoisotopic (exact) mass is 383 g/mol. The van der Waals surface area contributed by atoms with Gasteiger partial charge >= 0.3 is 12.3 Å². The Bertz CT molecular complexity index is 765. The summed E-state index contributed by atoms with van der Waals surface area (Å²) in [6, 6.07) is 12.2. The highest BCUT2D eigenvalue weighted by molar-refractivity contribution is 5.67. The van der Waals surface area contributed by atoms with Gasteiger partial charge in [-0.25, -0.2) is 4.79 Å². The number of rotatable bonds is 6. The minimum Gasteiger partial charge on any atom is -0.445 e. The average molecular weight is 383 g/mol. The quantitative estimate of drug-likeness (QED) is 0.715. The number of carbonyl (C=O) groups is 1. The van der Waals surface area contributed by atoms with Crippen molar-refractivity contribution in [3.63, 3.8) is 0 Å². The molecule has 0 aliphatic heterocycles. The van der Waals surface area contributed by atoms with Crippen molar-refractivity contribution in [1.29, 1.82) is 0 Å². The molecule has 146 valence electrons. The number of ether oxygens (including phenoxy) is 1. The lowest BCUT2D eigenvalue weighted by molar-refractivity contribution is -0.138. The molecule has 0 aliphatic rings. The molecule has 3 N–H and O–H groups in total. The molecule has 2 unspecified atom stereocenters. The number of nitrogens with one attached hydrogen (secondary N) is 1. The van der Waals surface area contributed by atoms with Gasteiger partial charge in [-0.1, -0.05) is 42.5 Å². The summed E-state index contributed by atoms with van der Waals surface area (Å²) in [4.78, 5) is 11.6. The summed E-state index contributed by atoms with van der Waals surface area (Å²) in [6.45, 7) is 0.946. The highest BCUT2D eigenvalue weighted by Crippen LogP contribution is 2.33. The van der Waals surface area contributed by atoms with Crippen molar-refractivity contribution >= 4 is 6.09 Å². The van der Waals surface area contributed by atoms with Crippen LogP contribution in [0.4, 0.5) is 18.0 Å². The number of hydrogen-bond acceptors (Lipinski definition) is 4. The van der Waals surface area contributed by atoms with Crippen molar-refractivity contribution in [3.05, 3.63) is 70.8 Å². The van der Waals surface area contributed by atoms with Crippen LogP contribution in [-0.2, 0) is 17.5 Å². The number of halogens is 3. The van der Waals surface area contributed by atoms with E-state index in [0.29, 0.717) is 0 Å². The van der Waals surface area contributed by atoms with E-state index in [4.69, 9.17) is 4.74 Å². The number of hydrogen-bond donors (Lipinski definition) is 3. The highest BCUT2D eigenvalue weighted by Gasteiger charge is 2.33. The van der Waals surface area contributed by atoms with Gasteiger partial charge in [0, 0.05) is 6.54 Å². The van der Waals surface area contributed by atoms with Crippen LogP contribution in [0.3, 0.4) is 0 Å².